The highest BCUT2D eigenvalue weighted by Gasteiger charge is 2.08. The summed E-state index contributed by atoms with van der Waals surface area (Å²) in [5.41, 5.74) is 0. The average Bonchev–Trinajstić information content (AvgIpc) is 2.30. The van der Waals surface area contributed by atoms with Gasteiger partial charge in [0.25, 0.3) is 0 Å². The molecule has 0 aliphatic heterocycles. The first-order valence-electron chi connectivity index (χ1n) is 5.15. The van der Waals surface area contributed by atoms with E-state index in [-0.39, 0.29) is 12.1 Å². The van der Waals surface area contributed by atoms with E-state index < -0.39 is 0 Å². The molecule has 78 valence electrons. The number of nitrogens with zero attached hydrogens (tertiary/aromatic N) is 2. The molecule has 0 amide bonds. The number of allylic oxidation sites excluding steroid dienone is 3. The molecule has 0 spiro atoms. The Hall–Kier alpha value is -1.64. The minimum Gasteiger partial charge on any atom is -0.508 e. The molecule has 2 aliphatic carbocycles. The summed E-state index contributed by atoms with van der Waals surface area (Å²) in [6, 6.07) is 0.267. The van der Waals surface area contributed by atoms with Crippen LogP contribution in [0.2, 0.25) is 0 Å². The van der Waals surface area contributed by atoms with Crippen molar-refractivity contribution in [3.63, 3.8) is 0 Å². The predicted molar refractivity (Wildman–Crippen MR) is 59.8 cm³/mol. The third-order valence-corrected chi connectivity index (χ3v) is 2.38. The van der Waals surface area contributed by atoms with Gasteiger partial charge < -0.3 is 5.11 Å². The van der Waals surface area contributed by atoms with E-state index in [1.165, 1.54) is 0 Å². The molecule has 0 saturated heterocycles. The lowest BCUT2D eigenvalue weighted by molar-refractivity contribution is 0.424. The van der Waals surface area contributed by atoms with Gasteiger partial charge in [-0.05, 0) is 25.0 Å². The number of hydrogen-bond donors (Lipinski definition) is 1. The fraction of sp³-hybridized carbons (Fsp3) is 0.333. The van der Waals surface area contributed by atoms with Crippen LogP contribution in [0.5, 0.6) is 0 Å². The van der Waals surface area contributed by atoms with Gasteiger partial charge >= 0.3 is 0 Å². The molecule has 0 aromatic heterocycles. The van der Waals surface area contributed by atoms with Crippen molar-refractivity contribution in [2.24, 2.45) is 10.2 Å². The molecular weight excluding hydrogens is 188 g/mol. The summed E-state index contributed by atoms with van der Waals surface area (Å²) >= 11 is 0. The second-order valence-electron chi connectivity index (χ2n) is 3.64. The van der Waals surface area contributed by atoms with E-state index in [0.29, 0.717) is 5.76 Å². The van der Waals surface area contributed by atoms with Gasteiger partial charge in [0.2, 0.25) is 0 Å². The van der Waals surface area contributed by atoms with Crippen molar-refractivity contribution in [2.45, 2.75) is 24.9 Å². The molecule has 15 heavy (non-hydrogen) atoms. The molecule has 2 aliphatic rings. The van der Waals surface area contributed by atoms with E-state index in [4.69, 9.17) is 5.11 Å². The third kappa shape index (κ3) is 2.91. The van der Waals surface area contributed by atoms with Crippen LogP contribution in [0.1, 0.15) is 12.8 Å². The van der Waals surface area contributed by atoms with Gasteiger partial charge in [-0.2, -0.15) is 10.2 Å². The van der Waals surface area contributed by atoms with Crippen LogP contribution in [0.15, 0.2) is 58.5 Å². The summed E-state index contributed by atoms with van der Waals surface area (Å²) in [4.78, 5) is 0. The van der Waals surface area contributed by atoms with Crippen LogP contribution < -0.4 is 0 Å². The van der Waals surface area contributed by atoms with Gasteiger partial charge in [-0.3, -0.25) is 0 Å². The van der Waals surface area contributed by atoms with Gasteiger partial charge in [0.15, 0.2) is 0 Å². The molecule has 3 nitrogen and oxygen atoms in total. The summed E-state index contributed by atoms with van der Waals surface area (Å²) in [7, 11) is 0. The minimum atomic E-state index is 0.0835. The molecule has 2 rings (SSSR count). The van der Waals surface area contributed by atoms with Crippen LogP contribution in [0.25, 0.3) is 0 Å². The molecule has 2 unspecified atom stereocenters. The lowest BCUT2D eigenvalue weighted by atomic mass is 10.1. The van der Waals surface area contributed by atoms with E-state index in [1.54, 1.807) is 12.2 Å². The van der Waals surface area contributed by atoms with Crippen LogP contribution in [0, 0.1) is 0 Å². The van der Waals surface area contributed by atoms with Crippen molar-refractivity contribution in [3.8, 4) is 0 Å². The first-order valence-corrected chi connectivity index (χ1v) is 5.15. The number of azo groups is 1. The maximum atomic E-state index is 9.13. The minimum absolute atomic E-state index is 0.0835. The highest BCUT2D eigenvalue weighted by atomic mass is 16.3. The van der Waals surface area contributed by atoms with Gasteiger partial charge in [0, 0.05) is 0 Å². The largest absolute Gasteiger partial charge is 0.508 e. The van der Waals surface area contributed by atoms with E-state index in [2.05, 4.69) is 16.3 Å². The Morgan fingerprint density at radius 2 is 1.87 bits per heavy atom. The number of rotatable bonds is 2. The van der Waals surface area contributed by atoms with Gasteiger partial charge in [0.05, 0.1) is 12.1 Å². The second-order valence-corrected chi connectivity index (χ2v) is 3.64. The first kappa shape index (κ1) is 9.90. The molecule has 0 aromatic rings. The molecule has 0 bridgehead atoms. The number of aliphatic hydroxyl groups is 1. The standard InChI is InChI=1S/C12H14N2O/c15-12-8-6-11(7-9-12)14-13-10-4-2-1-3-5-10/h1-4,6,8-11,15H,5,7H2. The number of hydrogen-bond acceptors (Lipinski definition) is 3. The molecule has 0 fully saturated rings. The van der Waals surface area contributed by atoms with Gasteiger partial charge in [0.1, 0.15) is 5.76 Å². The van der Waals surface area contributed by atoms with Gasteiger partial charge in [-0.25, -0.2) is 0 Å². The predicted octanol–water partition coefficient (Wildman–Crippen LogP) is 3.09. The molecule has 2 atom stereocenters. The van der Waals surface area contributed by atoms with Crippen molar-refractivity contribution < 1.29 is 5.11 Å². The normalized spacial score (nSPS) is 29.7. The molecule has 0 saturated carbocycles. The fourth-order valence-electron chi connectivity index (χ4n) is 1.51. The first-order chi connectivity index (χ1) is 7.34. The van der Waals surface area contributed by atoms with Crippen molar-refractivity contribution in [1.82, 2.24) is 0 Å². The Balaban J connectivity index is 1.87. The highest BCUT2D eigenvalue weighted by Crippen LogP contribution is 2.14. The molecule has 0 aromatic carbocycles. The fourth-order valence-corrected chi connectivity index (χ4v) is 1.51. The average molecular weight is 202 g/mol. The summed E-state index contributed by atoms with van der Waals surface area (Å²) < 4.78 is 0. The topological polar surface area (TPSA) is 45.0 Å². The zero-order valence-electron chi connectivity index (χ0n) is 8.45. The maximum Gasteiger partial charge on any atom is 0.111 e. The highest BCUT2D eigenvalue weighted by molar-refractivity contribution is 5.19. The van der Waals surface area contributed by atoms with Crippen LogP contribution in [-0.4, -0.2) is 17.2 Å². The zero-order valence-corrected chi connectivity index (χ0v) is 8.45. The Morgan fingerprint density at radius 3 is 2.47 bits per heavy atom. The zero-order chi connectivity index (χ0) is 10.5. The summed E-state index contributed by atoms with van der Waals surface area (Å²) in [6.45, 7) is 0. The maximum absolute atomic E-state index is 9.13. The molecule has 1 N–H and O–H groups in total. The third-order valence-electron chi connectivity index (χ3n) is 2.38. The van der Waals surface area contributed by atoms with Crippen molar-refractivity contribution >= 4 is 0 Å². The molecule has 3 heteroatoms. The Bertz CT molecular complexity index is 364. The van der Waals surface area contributed by atoms with Crippen LogP contribution in [0.3, 0.4) is 0 Å². The van der Waals surface area contributed by atoms with Crippen LogP contribution in [0.4, 0.5) is 0 Å². The van der Waals surface area contributed by atoms with E-state index >= 15 is 0 Å². The number of aliphatic hydroxyl groups excluding tert-OH is 1. The monoisotopic (exact) mass is 202 g/mol. The van der Waals surface area contributed by atoms with Crippen molar-refractivity contribution in [1.29, 1.82) is 0 Å². The molecule has 0 heterocycles. The van der Waals surface area contributed by atoms with Gasteiger partial charge in [-0.1, -0.05) is 30.4 Å². The second kappa shape index (κ2) is 4.73. The Kier molecular flexibility index (Phi) is 3.12. The molecule has 0 radical (unpaired) electrons. The Labute approximate surface area is 89.2 Å². The van der Waals surface area contributed by atoms with Crippen LogP contribution in [-0.2, 0) is 0 Å². The van der Waals surface area contributed by atoms with Crippen LogP contribution >= 0.6 is 0 Å². The van der Waals surface area contributed by atoms with Crippen molar-refractivity contribution in [3.05, 3.63) is 48.3 Å². The SMILES string of the molecule is OC1=CCC(N=NC2C=CC=CC2)C=C1. The van der Waals surface area contributed by atoms with Gasteiger partial charge in [-0.15, -0.1) is 0 Å². The smallest absolute Gasteiger partial charge is 0.111 e. The summed E-state index contributed by atoms with van der Waals surface area (Å²) in [6.07, 6.45) is 15.1. The van der Waals surface area contributed by atoms with E-state index in [1.807, 2.05) is 24.3 Å². The lowest BCUT2D eigenvalue weighted by Crippen LogP contribution is -2.05. The van der Waals surface area contributed by atoms with E-state index in [9.17, 15) is 0 Å². The van der Waals surface area contributed by atoms with E-state index in [0.717, 1.165) is 12.8 Å². The summed E-state index contributed by atoms with van der Waals surface area (Å²) in [5, 5.41) is 17.6. The summed E-state index contributed by atoms with van der Waals surface area (Å²) in [5.74, 6) is 0.321. The lowest BCUT2D eigenvalue weighted by Gasteiger charge is -2.10. The quantitative estimate of drug-likeness (QED) is 0.687. The van der Waals surface area contributed by atoms with Crippen molar-refractivity contribution in [2.75, 3.05) is 0 Å². The molecular formula is C12H14N2O. The Morgan fingerprint density at radius 1 is 1.07 bits per heavy atom.